The van der Waals surface area contributed by atoms with Crippen LogP contribution in [0.5, 0.6) is 0 Å². The van der Waals surface area contributed by atoms with Gasteiger partial charge in [0.05, 0.1) is 5.92 Å². The summed E-state index contributed by atoms with van der Waals surface area (Å²) in [6.07, 6.45) is 0. The fourth-order valence-corrected chi connectivity index (χ4v) is 1.76. The minimum Gasteiger partial charge on any atom is -0.369 e. The molecule has 2 nitrogen and oxygen atoms in total. The van der Waals surface area contributed by atoms with Gasteiger partial charge in [-0.2, -0.15) is 0 Å². The topological polar surface area (TPSA) is 43.1 Å². The molecule has 0 fully saturated rings. The molecule has 1 radical (unpaired) electrons. The second kappa shape index (κ2) is 4.62. The van der Waals surface area contributed by atoms with E-state index in [2.05, 4.69) is 6.07 Å². The molecule has 0 bridgehead atoms. The van der Waals surface area contributed by atoms with Crippen molar-refractivity contribution >= 4 is 5.91 Å². The fraction of sp³-hybridized carbons (Fsp3) is 0.0714. The highest BCUT2D eigenvalue weighted by Gasteiger charge is 2.19. The van der Waals surface area contributed by atoms with Crippen LogP contribution in [0.2, 0.25) is 0 Å². The average Bonchev–Trinajstić information content (AvgIpc) is 2.31. The van der Waals surface area contributed by atoms with Crippen LogP contribution in [0.25, 0.3) is 0 Å². The van der Waals surface area contributed by atoms with Gasteiger partial charge in [-0.3, -0.25) is 4.79 Å². The monoisotopic (exact) mass is 210 g/mol. The number of benzene rings is 2. The molecule has 0 aliphatic rings. The molecule has 0 saturated carbocycles. The zero-order chi connectivity index (χ0) is 11.4. The number of carbonyl (C=O) groups is 1. The van der Waals surface area contributed by atoms with E-state index in [4.69, 9.17) is 5.73 Å². The Morgan fingerprint density at radius 2 is 1.56 bits per heavy atom. The Labute approximate surface area is 94.7 Å². The molecule has 16 heavy (non-hydrogen) atoms. The standard InChI is InChI=1S/C14H12NO/c15-14(16)13(11-7-3-1-4-8-11)12-9-5-2-6-10-12/h1,3-10,13H,(H2,15,16). The first-order valence-electron chi connectivity index (χ1n) is 5.09. The highest BCUT2D eigenvalue weighted by Crippen LogP contribution is 2.23. The van der Waals surface area contributed by atoms with E-state index in [9.17, 15) is 4.79 Å². The van der Waals surface area contributed by atoms with E-state index in [1.54, 1.807) is 12.1 Å². The van der Waals surface area contributed by atoms with Gasteiger partial charge >= 0.3 is 0 Å². The van der Waals surface area contributed by atoms with Crippen molar-refractivity contribution in [1.29, 1.82) is 0 Å². The molecule has 0 aliphatic carbocycles. The minimum absolute atomic E-state index is 0.336. The SMILES string of the molecule is NC(=O)C(c1cc[c]cc1)c1ccccc1. The lowest BCUT2D eigenvalue weighted by molar-refractivity contribution is -0.118. The molecule has 0 spiro atoms. The Balaban J connectivity index is 2.44. The van der Waals surface area contributed by atoms with Crippen molar-refractivity contribution in [2.24, 2.45) is 5.73 Å². The van der Waals surface area contributed by atoms with E-state index >= 15 is 0 Å². The molecule has 2 rings (SSSR count). The summed E-state index contributed by atoms with van der Waals surface area (Å²) < 4.78 is 0. The van der Waals surface area contributed by atoms with Gasteiger partial charge in [-0.15, -0.1) is 0 Å². The number of hydrogen-bond acceptors (Lipinski definition) is 1. The molecule has 2 aromatic rings. The van der Waals surface area contributed by atoms with Crippen molar-refractivity contribution in [3.05, 3.63) is 71.8 Å². The Kier molecular flexibility index (Phi) is 3.01. The van der Waals surface area contributed by atoms with Crippen LogP contribution in [0.1, 0.15) is 17.0 Å². The zero-order valence-corrected chi connectivity index (χ0v) is 8.76. The van der Waals surface area contributed by atoms with Gasteiger partial charge in [0.1, 0.15) is 0 Å². The van der Waals surface area contributed by atoms with Crippen molar-refractivity contribution in [1.82, 2.24) is 0 Å². The van der Waals surface area contributed by atoms with Crippen LogP contribution >= 0.6 is 0 Å². The molecule has 2 heteroatoms. The first-order valence-corrected chi connectivity index (χ1v) is 5.09. The van der Waals surface area contributed by atoms with E-state index < -0.39 is 0 Å². The third kappa shape index (κ3) is 2.11. The van der Waals surface area contributed by atoms with Crippen LogP contribution in [0.4, 0.5) is 0 Å². The largest absolute Gasteiger partial charge is 0.369 e. The second-order valence-corrected chi connectivity index (χ2v) is 3.58. The third-order valence-electron chi connectivity index (χ3n) is 2.49. The van der Waals surface area contributed by atoms with Crippen molar-refractivity contribution in [3.8, 4) is 0 Å². The summed E-state index contributed by atoms with van der Waals surface area (Å²) in [5, 5.41) is 0. The summed E-state index contributed by atoms with van der Waals surface area (Å²) in [5.74, 6) is -0.715. The van der Waals surface area contributed by atoms with Crippen LogP contribution in [0.15, 0.2) is 54.6 Å². The smallest absolute Gasteiger partial charge is 0.229 e. The minimum atomic E-state index is -0.379. The fourth-order valence-electron chi connectivity index (χ4n) is 1.76. The molecule has 79 valence electrons. The highest BCUT2D eigenvalue weighted by atomic mass is 16.1. The highest BCUT2D eigenvalue weighted by molar-refractivity contribution is 5.85. The summed E-state index contributed by atoms with van der Waals surface area (Å²) in [7, 11) is 0. The van der Waals surface area contributed by atoms with Crippen LogP contribution in [-0.2, 0) is 4.79 Å². The van der Waals surface area contributed by atoms with Gasteiger partial charge in [0.15, 0.2) is 0 Å². The van der Waals surface area contributed by atoms with E-state index in [1.807, 2.05) is 42.5 Å². The van der Waals surface area contributed by atoms with Gasteiger partial charge in [-0.1, -0.05) is 54.6 Å². The molecule has 1 unspecified atom stereocenters. The second-order valence-electron chi connectivity index (χ2n) is 3.58. The summed E-state index contributed by atoms with van der Waals surface area (Å²) >= 11 is 0. The number of carbonyl (C=O) groups excluding carboxylic acids is 1. The maximum Gasteiger partial charge on any atom is 0.229 e. The molecular weight excluding hydrogens is 198 g/mol. The number of hydrogen-bond donors (Lipinski definition) is 1. The van der Waals surface area contributed by atoms with Gasteiger partial charge < -0.3 is 5.73 Å². The summed E-state index contributed by atoms with van der Waals surface area (Å²) in [5.41, 5.74) is 7.27. The Hall–Kier alpha value is -2.09. The maximum atomic E-state index is 11.5. The zero-order valence-electron chi connectivity index (χ0n) is 8.76. The van der Waals surface area contributed by atoms with Crippen LogP contribution < -0.4 is 5.73 Å². The van der Waals surface area contributed by atoms with E-state index in [1.165, 1.54) is 0 Å². The van der Waals surface area contributed by atoms with E-state index in [0.29, 0.717) is 0 Å². The molecule has 2 aromatic carbocycles. The third-order valence-corrected chi connectivity index (χ3v) is 2.49. The van der Waals surface area contributed by atoms with Gasteiger partial charge in [0.25, 0.3) is 0 Å². The van der Waals surface area contributed by atoms with Crippen molar-refractivity contribution in [2.75, 3.05) is 0 Å². The molecule has 0 heterocycles. The Morgan fingerprint density at radius 3 is 2.12 bits per heavy atom. The Morgan fingerprint density at radius 1 is 1.00 bits per heavy atom. The van der Waals surface area contributed by atoms with Crippen molar-refractivity contribution in [3.63, 3.8) is 0 Å². The lowest BCUT2D eigenvalue weighted by Crippen LogP contribution is -2.22. The van der Waals surface area contributed by atoms with Gasteiger partial charge in [0.2, 0.25) is 5.91 Å². The molecular formula is C14H12NO. The van der Waals surface area contributed by atoms with Crippen LogP contribution in [0.3, 0.4) is 0 Å². The molecule has 0 aliphatic heterocycles. The molecule has 0 saturated heterocycles. The Bertz CT molecular complexity index is 425. The normalized spacial score (nSPS) is 10.3. The quantitative estimate of drug-likeness (QED) is 0.828. The maximum absolute atomic E-state index is 11.5. The predicted molar refractivity (Wildman–Crippen MR) is 62.8 cm³/mol. The number of primary amides is 1. The lowest BCUT2D eigenvalue weighted by atomic mass is 9.91. The van der Waals surface area contributed by atoms with Crippen LogP contribution in [0, 0.1) is 6.07 Å². The average molecular weight is 210 g/mol. The molecule has 0 aromatic heterocycles. The number of rotatable bonds is 3. The first-order chi connectivity index (χ1) is 7.79. The summed E-state index contributed by atoms with van der Waals surface area (Å²) in [6.45, 7) is 0. The van der Waals surface area contributed by atoms with Gasteiger partial charge in [-0.25, -0.2) is 0 Å². The number of nitrogens with two attached hydrogens (primary N) is 1. The predicted octanol–water partition coefficient (Wildman–Crippen LogP) is 2.10. The molecule has 1 atom stereocenters. The van der Waals surface area contributed by atoms with E-state index in [0.717, 1.165) is 11.1 Å². The molecule has 1 amide bonds. The number of amides is 1. The summed E-state index contributed by atoms with van der Waals surface area (Å²) in [4.78, 5) is 11.5. The van der Waals surface area contributed by atoms with Gasteiger partial charge in [0, 0.05) is 0 Å². The van der Waals surface area contributed by atoms with Crippen molar-refractivity contribution < 1.29 is 4.79 Å². The first kappa shape index (κ1) is 10.4. The lowest BCUT2D eigenvalue weighted by Gasteiger charge is -2.13. The van der Waals surface area contributed by atoms with Gasteiger partial charge in [-0.05, 0) is 17.2 Å². The summed E-state index contributed by atoms with van der Waals surface area (Å²) in [6, 6.07) is 19.8. The van der Waals surface area contributed by atoms with E-state index in [-0.39, 0.29) is 11.8 Å². The van der Waals surface area contributed by atoms with Crippen LogP contribution in [-0.4, -0.2) is 5.91 Å². The van der Waals surface area contributed by atoms with Crippen molar-refractivity contribution in [2.45, 2.75) is 5.92 Å². The molecule has 2 N–H and O–H groups in total.